The van der Waals surface area contributed by atoms with Gasteiger partial charge in [-0.15, -0.1) is 0 Å². The Balaban J connectivity index is 2.13. The highest BCUT2D eigenvalue weighted by Gasteiger charge is 2.34. The molecule has 0 spiro atoms. The lowest BCUT2D eigenvalue weighted by Crippen LogP contribution is -2.52. The highest BCUT2D eigenvalue weighted by molar-refractivity contribution is 7.92. The van der Waals surface area contributed by atoms with Gasteiger partial charge in [0, 0.05) is 19.2 Å². The lowest BCUT2D eigenvalue weighted by Gasteiger charge is -2.33. The first-order valence-electron chi connectivity index (χ1n) is 14.9. The van der Waals surface area contributed by atoms with Crippen molar-refractivity contribution in [1.82, 2.24) is 10.2 Å². The van der Waals surface area contributed by atoms with E-state index in [1.54, 1.807) is 37.4 Å². The number of hydrogen-bond acceptors (Lipinski definition) is 7. The maximum absolute atomic E-state index is 14.4. The molecule has 0 aliphatic carbocycles. The Morgan fingerprint density at radius 2 is 1.53 bits per heavy atom. The van der Waals surface area contributed by atoms with E-state index >= 15 is 0 Å². The van der Waals surface area contributed by atoms with Gasteiger partial charge in [0.2, 0.25) is 11.8 Å². The molecule has 0 saturated carbocycles. The molecule has 0 radical (unpaired) electrons. The van der Waals surface area contributed by atoms with Crippen molar-refractivity contribution in [3.8, 4) is 17.2 Å². The fourth-order valence-electron chi connectivity index (χ4n) is 5.04. The molecule has 1 atom stereocenters. The number of carbonyl (C=O) groups excluding carboxylic acids is 2. The van der Waals surface area contributed by atoms with E-state index in [0.29, 0.717) is 30.2 Å². The molecule has 0 saturated heterocycles. The first-order chi connectivity index (χ1) is 21.3. The largest absolute Gasteiger partial charge is 0.497 e. The molecule has 0 aromatic heterocycles. The van der Waals surface area contributed by atoms with Gasteiger partial charge in [0.15, 0.2) is 11.5 Å². The van der Waals surface area contributed by atoms with Crippen LogP contribution in [0.2, 0.25) is 0 Å². The molecule has 45 heavy (non-hydrogen) atoms. The minimum atomic E-state index is -4.30. The standard InChI is InChI=1S/C34H45N3O7S/c1-9-30(34(39)35-20-23(2)3)36(21-26-11-10-12-28(18-26)42-6)33(38)22-37(27-16-24(4)15-25(5)17-27)45(40,41)29-13-14-31(43-7)32(19-29)44-8/h10-19,23,30H,9,20-22H2,1-8H3,(H,35,39)/t30-/m0/s1. The van der Waals surface area contributed by atoms with Crippen molar-refractivity contribution in [3.63, 3.8) is 0 Å². The number of nitrogens with zero attached hydrogens (tertiary/aromatic N) is 2. The Kier molecular flexibility index (Phi) is 12.3. The van der Waals surface area contributed by atoms with Crippen LogP contribution in [0.4, 0.5) is 5.69 Å². The van der Waals surface area contributed by atoms with Crippen molar-refractivity contribution in [2.75, 3.05) is 38.7 Å². The fraction of sp³-hybridized carbons (Fsp3) is 0.412. The summed E-state index contributed by atoms with van der Waals surface area (Å²) in [5.41, 5.74) is 2.73. The second kappa shape index (κ2) is 15.7. The predicted molar refractivity (Wildman–Crippen MR) is 175 cm³/mol. The second-order valence-electron chi connectivity index (χ2n) is 11.3. The maximum atomic E-state index is 14.4. The highest BCUT2D eigenvalue weighted by atomic mass is 32.2. The van der Waals surface area contributed by atoms with E-state index in [2.05, 4.69) is 5.32 Å². The summed E-state index contributed by atoms with van der Waals surface area (Å²) in [6.07, 6.45) is 0.325. The number of ether oxygens (including phenoxy) is 3. The SMILES string of the molecule is CC[C@@H](C(=O)NCC(C)C)N(Cc1cccc(OC)c1)C(=O)CN(c1cc(C)cc(C)c1)S(=O)(=O)c1ccc(OC)c(OC)c1. The van der Waals surface area contributed by atoms with Crippen molar-refractivity contribution in [2.24, 2.45) is 5.92 Å². The number of nitrogens with one attached hydrogen (secondary N) is 1. The van der Waals surface area contributed by atoms with E-state index in [1.807, 2.05) is 46.8 Å². The fourth-order valence-corrected chi connectivity index (χ4v) is 6.45. The number of benzene rings is 3. The number of amides is 2. The summed E-state index contributed by atoms with van der Waals surface area (Å²) in [5.74, 6) is 0.576. The maximum Gasteiger partial charge on any atom is 0.264 e. The average molecular weight is 640 g/mol. The molecule has 3 aromatic carbocycles. The van der Waals surface area contributed by atoms with Gasteiger partial charge in [-0.25, -0.2) is 8.42 Å². The van der Waals surface area contributed by atoms with Crippen LogP contribution in [-0.2, 0) is 26.2 Å². The molecule has 2 amide bonds. The van der Waals surface area contributed by atoms with E-state index in [9.17, 15) is 18.0 Å². The number of rotatable bonds is 15. The second-order valence-corrected chi connectivity index (χ2v) is 13.2. The zero-order valence-corrected chi connectivity index (χ0v) is 28.2. The molecule has 0 unspecified atom stereocenters. The molecular weight excluding hydrogens is 594 g/mol. The molecule has 3 rings (SSSR count). The zero-order valence-electron chi connectivity index (χ0n) is 27.4. The third-order valence-corrected chi connectivity index (χ3v) is 9.04. The van der Waals surface area contributed by atoms with Crippen LogP contribution in [0.3, 0.4) is 0 Å². The summed E-state index contributed by atoms with van der Waals surface area (Å²) in [5, 5.41) is 2.94. The van der Waals surface area contributed by atoms with Crippen LogP contribution in [0.5, 0.6) is 17.2 Å². The monoisotopic (exact) mass is 639 g/mol. The Bertz CT molecular complexity index is 1570. The zero-order chi connectivity index (χ0) is 33.3. The lowest BCUT2D eigenvalue weighted by atomic mass is 10.1. The van der Waals surface area contributed by atoms with Gasteiger partial charge in [-0.3, -0.25) is 13.9 Å². The van der Waals surface area contributed by atoms with E-state index < -0.39 is 28.5 Å². The molecule has 11 heteroatoms. The lowest BCUT2D eigenvalue weighted by molar-refractivity contribution is -0.140. The molecule has 3 aromatic rings. The van der Waals surface area contributed by atoms with E-state index in [0.717, 1.165) is 21.0 Å². The molecule has 0 aliphatic rings. The van der Waals surface area contributed by atoms with Gasteiger partial charge >= 0.3 is 0 Å². The minimum Gasteiger partial charge on any atom is -0.497 e. The summed E-state index contributed by atoms with van der Waals surface area (Å²) in [6, 6.07) is 16.0. The first kappa shape index (κ1) is 35.2. The van der Waals surface area contributed by atoms with Crippen LogP contribution in [0.25, 0.3) is 0 Å². The Labute approximate surface area is 267 Å². The molecule has 1 N–H and O–H groups in total. The molecule has 0 heterocycles. The van der Waals surface area contributed by atoms with Crippen molar-refractivity contribution in [2.45, 2.75) is 58.5 Å². The molecular formula is C34H45N3O7S. The van der Waals surface area contributed by atoms with Gasteiger partial charge in [0.1, 0.15) is 18.3 Å². The quantitative estimate of drug-likeness (QED) is 0.246. The van der Waals surface area contributed by atoms with E-state index in [1.165, 1.54) is 37.3 Å². The van der Waals surface area contributed by atoms with Gasteiger partial charge in [0.25, 0.3) is 10.0 Å². The number of carbonyl (C=O) groups is 2. The molecule has 0 aliphatic heterocycles. The summed E-state index contributed by atoms with van der Waals surface area (Å²) < 4.78 is 45.8. The summed E-state index contributed by atoms with van der Waals surface area (Å²) >= 11 is 0. The highest BCUT2D eigenvalue weighted by Crippen LogP contribution is 2.33. The Morgan fingerprint density at radius 1 is 0.867 bits per heavy atom. The third kappa shape index (κ3) is 8.91. The van der Waals surface area contributed by atoms with Gasteiger partial charge in [-0.2, -0.15) is 0 Å². The van der Waals surface area contributed by atoms with Gasteiger partial charge in [0.05, 0.1) is 31.9 Å². The normalized spacial score (nSPS) is 11.9. The number of anilines is 1. The number of sulfonamides is 1. The molecule has 244 valence electrons. The number of aryl methyl sites for hydroxylation is 2. The molecule has 10 nitrogen and oxygen atoms in total. The van der Waals surface area contributed by atoms with Gasteiger partial charge in [-0.05, 0) is 79.3 Å². The van der Waals surface area contributed by atoms with E-state index in [4.69, 9.17) is 14.2 Å². The summed E-state index contributed by atoms with van der Waals surface area (Å²) in [7, 11) is 0.136. The van der Waals surface area contributed by atoms with Crippen molar-refractivity contribution in [1.29, 1.82) is 0 Å². The summed E-state index contributed by atoms with van der Waals surface area (Å²) in [4.78, 5) is 29.2. The van der Waals surface area contributed by atoms with Crippen molar-refractivity contribution >= 4 is 27.5 Å². The van der Waals surface area contributed by atoms with Crippen LogP contribution in [0, 0.1) is 19.8 Å². The predicted octanol–water partition coefficient (Wildman–Crippen LogP) is 5.10. The number of methoxy groups -OCH3 is 3. The Morgan fingerprint density at radius 3 is 2.11 bits per heavy atom. The van der Waals surface area contributed by atoms with Gasteiger partial charge < -0.3 is 24.4 Å². The van der Waals surface area contributed by atoms with Crippen molar-refractivity contribution in [3.05, 3.63) is 77.4 Å². The van der Waals surface area contributed by atoms with Crippen molar-refractivity contribution < 1.29 is 32.2 Å². The van der Waals surface area contributed by atoms with Crippen LogP contribution in [0.15, 0.2) is 65.6 Å². The van der Waals surface area contributed by atoms with Crippen LogP contribution >= 0.6 is 0 Å². The van der Waals surface area contributed by atoms with Crippen LogP contribution in [-0.4, -0.2) is 65.6 Å². The third-order valence-electron chi connectivity index (χ3n) is 7.27. The molecule has 0 bridgehead atoms. The average Bonchev–Trinajstić information content (AvgIpc) is 3.01. The van der Waals surface area contributed by atoms with Crippen LogP contribution < -0.4 is 23.8 Å². The molecule has 0 fully saturated rings. The first-order valence-corrected chi connectivity index (χ1v) is 16.3. The number of hydrogen-bond donors (Lipinski definition) is 1. The minimum absolute atomic E-state index is 0.0702. The van der Waals surface area contributed by atoms with Crippen LogP contribution in [0.1, 0.15) is 43.9 Å². The Hall–Kier alpha value is -4.25. The summed E-state index contributed by atoms with van der Waals surface area (Å²) in [6.45, 7) is 9.49. The van der Waals surface area contributed by atoms with E-state index in [-0.39, 0.29) is 29.0 Å². The smallest absolute Gasteiger partial charge is 0.264 e. The van der Waals surface area contributed by atoms with Gasteiger partial charge in [-0.1, -0.05) is 39.0 Å². The topological polar surface area (TPSA) is 114 Å².